The quantitative estimate of drug-likeness (QED) is 0.0417. The van der Waals surface area contributed by atoms with Gasteiger partial charge in [0.15, 0.2) is 23.0 Å². The van der Waals surface area contributed by atoms with Crippen LogP contribution in [0.5, 0.6) is 23.0 Å². The van der Waals surface area contributed by atoms with Crippen molar-refractivity contribution in [2.75, 3.05) is 26.4 Å². The van der Waals surface area contributed by atoms with Gasteiger partial charge in [0.2, 0.25) is 0 Å². The molecular weight excluding hydrogens is 1170 g/mol. The Balaban J connectivity index is 1.69. The zero-order chi connectivity index (χ0) is 68.0. The van der Waals surface area contributed by atoms with Crippen molar-refractivity contribution in [2.24, 2.45) is 0 Å². The predicted molar refractivity (Wildman–Crippen MR) is 419 cm³/mol. The van der Waals surface area contributed by atoms with Gasteiger partial charge in [-0.2, -0.15) is 0 Å². The molecule has 0 bridgehead atoms. The molecular formula is C92H152O4. The highest BCUT2D eigenvalue weighted by atomic mass is 16.5. The molecule has 0 unspecified atom stereocenters. The van der Waals surface area contributed by atoms with Gasteiger partial charge in [0.1, 0.15) is 0 Å². The average Bonchev–Trinajstić information content (AvgIpc) is 0.870. The molecule has 0 spiro atoms. The van der Waals surface area contributed by atoms with E-state index in [1.165, 1.54) is 385 Å². The van der Waals surface area contributed by atoms with Gasteiger partial charge >= 0.3 is 0 Å². The van der Waals surface area contributed by atoms with Crippen LogP contribution in [0.2, 0.25) is 0 Å². The highest BCUT2D eigenvalue weighted by Crippen LogP contribution is 2.27. The highest BCUT2D eigenvalue weighted by molar-refractivity contribution is 5.47. The topological polar surface area (TPSA) is 36.9 Å². The first kappa shape index (κ1) is 86.1. The van der Waals surface area contributed by atoms with Gasteiger partial charge in [-0.15, -0.1) is 0 Å². The minimum Gasteiger partial charge on any atom is -0.490 e. The summed E-state index contributed by atoms with van der Waals surface area (Å²) < 4.78 is 26.4. The minimum absolute atomic E-state index is 0.656. The summed E-state index contributed by atoms with van der Waals surface area (Å²) in [7, 11) is 0. The third-order valence-corrected chi connectivity index (χ3v) is 20.1. The number of fused-ring (bicyclic) bond motifs is 2. The number of hydrogen-bond acceptors (Lipinski definition) is 4. The van der Waals surface area contributed by atoms with Crippen molar-refractivity contribution in [3.8, 4) is 23.0 Å². The van der Waals surface area contributed by atoms with Crippen molar-refractivity contribution in [1.29, 1.82) is 0 Å². The SMILES string of the molecule is CCCCCCCCCCCCCCCCCCOc1cc2c(cc1OCCCCCCCCCCCCCCCCCC)=C=C=C=C=c1cc(OCCCCCCCCCCCCCCCCCC)c(OCCCCCCCCCCCCCCCCCC)cc1=C=C=C=C=2. The summed E-state index contributed by atoms with van der Waals surface area (Å²) in [6, 6.07) is 8.15. The molecule has 0 atom stereocenters. The standard InChI is InChI=1S/C92H152O4/c1-5-9-13-17-21-25-29-33-37-41-45-49-53-57-61-69-77-93-89-81-85-73-65-66-75-87-83-91(95-79-71-63-59-55-51-47-43-39-35-31-27-23-19-15-11-7-3)92(96-80-72-64-60-56-52-48-44-40-36-32-28-24-20-16-12-8-4)84-88(87)76-68-67-74-86(85)82-90(89)94-78-70-62-58-54-50-46-42-38-34-30-26-22-18-14-10-6-2/h81-84H,5-64,69-72,77-80H2,1-4H3. The Kier molecular flexibility index (Phi) is 61.0. The fraction of sp³-hybridized carbons (Fsp3) is 0.783. The Labute approximate surface area is 594 Å². The Bertz CT molecular complexity index is 2250. The van der Waals surface area contributed by atoms with Gasteiger partial charge in [0.25, 0.3) is 0 Å². The Morgan fingerprint density at radius 3 is 0.406 bits per heavy atom. The van der Waals surface area contributed by atoms with E-state index in [0.717, 1.165) is 69.6 Å². The fourth-order valence-electron chi connectivity index (χ4n) is 13.7. The maximum Gasteiger partial charge on any atom is 0.162 e. The number of hydrogen-bond donors (Lipinski definition) is 0. The first-order valence-electron chi connectivity index (χ1n) is 42.6. The molecule has 544 valence electrons. The maximum atomic E-state index is 6.60. The minimum atomic E-state index is 0.656. The van der Waals surface area contributed by atoms with Crippen LogP contribution >= 0.6 is 0 Å². The molecule has 1 aliphatic rings. The second kappa shape index (κ2) is 68.0. The third kappa shape index (κ3) is 51.1. The molecule has 0 radical (unpaired) electrons. The van der Waals surface area contributed by atoms with Crippen molar-refractivity contribution in [2.45, 2.75) is 439 Å². The highest BCUT2D eigenvalue weighted by Gasteiger charge is 2.10. The van der Waals surface area contributed by atoms with E-state index in [1.54, 1.807) is 0 Å². The average molecular weight is 1320 g/mol. The first-order valence-corrected chi connectivity index (χ1v) is 42.6. The van der Waals surface area contributed by atoms with Crippen molar-refractivity contribution in [1.82, 2.24) is 0 Å². The summed E-state index contributed by atoms with van der Waals surface area (Å²) in [6.07, 6.45) is 86.4. The third-order valence-electron chi connectivity index (χ3n) is 20.1. The molecule has 96 heavy (non-hydrogen) atoms. The van der Waals surface area contributed by atoms with E-state index in [0.29, 0.717) is 26.4 Å². The lowest BCUT2D eigenvalue weighted by molar-refractivity contribution is 0.258. The summed E-state index contributed by atoms with van der Waals surface area (Å²) in [5.41, 5.74) is 26.4. The molecule has 4 heteroatoms. The van der Waals surface area contributed by atoms with E-state index in [2.05, 4.69) is 73.5 Å². The normalized spacial score (nSPS) is 11.5. The van der Waals surface area contributed by atoms with E-state index >= 15 is 0 Å². The van der Waals surface area contributed by atoms with Crippen molar-refractivity contribution >= 4 is 22.9 Å². The van der Waals surface area contributed by atoms with Crippen LogP contribution in [0, 0.1) is 0 Å². The van der Waals surface area contributed by atoms with Crippen molar-refractivity contribution in [3.63, 3.8) is 0 Å². The zero-order valence-electron chi connectivity index (χ0n) is 64.0. The summed E-state index contributed by atoms with van der Waals surface area (Å²) >= 11 is 0. The Hall–Kier alpha value is -4.12. The number of ether oxygens (including phenoxy) is 4. The van der Waals surface area contributed by atoms with Gasteiger partial charge in [0.05, 0.1) is 26.4 Å². The van der Waals surface area contributed by atoms with Gasteiger partial charge in [-0.25, -0.2) is 0 Å². The van der Waals surface area contributed by atoms with E-state index < -0.39 is 0 Å². The molecule has 0 amide bonds. The molecule has 2 aromatic carbocycles. The molecule has 0 aromatic heterocycles. The Morgan fingerprint density at radius 2 is 0.281 bits per heavy atom. The monoisotopic (exact) mass is 1320 g/mol. The van der Waals surface area contributed by atoms with Crippen LogP contribution < -0.4 is 39.8 Å². The zero-order valence-corrected chi connectivity index (χ0v) is 64.0. The molecule has 0 saturated heterocycles. The molecule has 3 rings (SSSR count). The molecule has 0 heterocycles. The summed E-state index contributed by atoms with van der Waals surface area (Å²) in [4.78, 5) is 0. The van der Waals surface area contributed by atoms with Gasteiger partial charge in [-0.3, -0.25) is 0 Å². The van der Waals surface area contributed by atoms with Crippen LogP contribution in [-0.4, -0.2) is 26.4 Å². The van der Waals surface area contributed by atoms with Crippen molar-refractivity contribution in [3.05, 3.63) is 68.1 Å². The largest absolute Gasteiger partial charge is 0.490 e. The van der Waals surface area contributed by atoms with Crippen molar-refractivity contribution < 1.29 is 18.9 Å². The molecule has 0 aliphatic heterocycles. The summed E-state index contributed by atoms with van der Waals surface area (Å²) in [5.74, 6) is 2.99. The molecule has 1 aliphatic carbocycles. The predicted octanol–water partition coefficient (Wildman–Crippen LogP) is 27.2. The van der Waals surface area contributed by atoms with Crippen LogP contribution in [0.3, 0.4) is 0 Å². The van der Waals surface area contributed by atoms with Crippen LogP contribution in [0.4, 0.5) is 0 Å². The molecule has 4 nitrogen and oxygen atoms in total. The molecule has 0 saturated carbocycles. The van der Waals surface area contributed by atoms with Gasteiger partial charge in [-0.05, 0) is 48.6 Å². The first-order chi connectivity index (χ1) is 47.7. The lowest BCUT2D eigenvalue weighted by Crippen LogP contribution is -2.23. The summed E-state index contributed by atoms with van der Waals surface area (Å²) in [6.45, 7) is 11.8. The van der Waals surface area contributed by atoms with Gasteiger partial charge in [-0.1, -0.05) is 436 Å². The lowest BCUT2D eigenvalue weighted by Gasteiger charge is -2.13. The summed E-state index contributed by atoms with van der Waals surface area (Å²) in [5, 5.41) is 3.15. The van der Waals surface area contributed by atoms with E-state index in [-0.39, 0.29) is 0 Å². The molecule has 2 aromatic rings. The number of rotatable bonds is 72. The molecule has 0 fully saturated rings. The smallest absolute Gasteiger partial charge is 0.162 e. The van der Waals surface area contributed by atoms with Crippen LogP contribution in [-0.2, 0) is 0 Å². The van der Waals surface area contributed by atoms with E-state index in [1.807, 2.05) is 24.3 Å². The van der Waals surface area contributed by atoms with E-state index in [9.17, 15) is 0 Å². The van der Waals surface area contributed by atoms with E-state index in [4.69, 9.17) is 18.9 Å². The van der Waals surface area contributed by atoms with Crippen LogP contribution in [0.1, 0.15) is 439 Å². The number of benzene rings is 2. The maximum absolute atomic E-state index is 6.60. The number of unbranched alkanes of at least 4 members (excludes halogenated alkanes) is 60. The molecule has 0 N–H and O–H groups in total. The fourth-order valence-corrected chi connectivity index (χ4v) is 13.7. The van der Waals surface area contributed by atoms with Crippen LogP contribution in [0.15, 0.2) is 47.2 Å². The van der Waals surface area contributed by atoms with Gasteiger partial charge < -0.3 is 18.9 Å². The Morgan fingerprint density at radius 1 is 0.167 bits per heavy atom. The van der Waals surface area contributed by atoms with Gasteiger partial charge in [0, 0.05) is 45.1 Å². The van der Waals surface area contributed by atoms with Crippen LogP contribution in [0.25, 0.3) is 22.9 Å². The lowest BCUT2D eigenvalue weighted by atomic mass is 10.0. The second-order valence-electron chi connectivity index (χ2n) is 29.3. The second-order valence-corrected chi connectivity index (χ2v) is 29.3.